The van der Waals surface area contributed by atoms with E-state index in [4.69, 9.17) is 11.6 Å². The van der Waals surface area contributed by atoms with Gasteiger partial charge in [-0.3, -0.25) is 4.79 Å². The maximum atomic E-state index is 12.4. The van der Waals surface area contributed by atoms with Crippen molar-refractivity contribution < 1.29 is 4.79 Å². The average molecular weight is 499 g/mol. The van der Waals surface area contributed by atoms with Gasteiger partial charge < -0.3 is 9.88 Å². The molecule has 1 saturated carbocycles. The fraction of sp³-hybridized carbons (Fsp3) is 0.440. The van der Waals surface area contributed by atoms with Crippen molar-refractivity contribution in [2.45, 2.75) is 63.2 Å². The van der Waals surface area contributed by atoms with E-state index < -0.39 is 0 Å². The second-order valence-electron chi connectivity index (χ2n) is 8.57. The topological polar surface area (TPSA) is 77.6 Å². The van der Waals surface area contributed by atoms with Crippen LogP contribution in [0.4, 0.5) is 0 Å². The molecule has 1 aromatic carbocycles. The van der Waals surface area contributed by atoms with Crippen LogP contribution >= 0.6 is 23.4 Å². The van der Waals surface area contributed by atoms with E-state index in [1.54, 1.807) is 22.5 Å². The Morgan fingerprint density at radius 2 is 2.00 bits per heavy atom. The van der Waals surface area contributed by atoms with Gasteiger partial charge in [-0.25, -0.2) is 4.68 Å². The Morgan fingerprint density at radius 3 is 2.74 bits per heavy atom. The minimum Gasteiger partial charge on any atom is -0.353 e. The zero-order valence-electron chi connectivity index (χ0n) is 19.7. The number of amides is 1. The standard InChI is InChI=1S/C25H31ClN6OS/c1-18-21(24(26)31(30-18)17-19-9-4-3-5-10-19)14-15-23(33)27-16-8-13-22-28-29-25(34-2)32(22)20-11-6-7-12-20/h3-5,9-10,14-15,20H,6-8,11-13,16-17H2,1-2H3,(H,27,33)/b15-14+. The van der Waals surface area contributed by atoms with Gasteiger partial charge in [0.1, 0.15) is 11.0 Å². The normalized spacial score (nSPS) is 14.3. The first-order chi connectivity index (χ1) is 16.6. The first-order valence-corrected chi connectivity index (χ1v) is 13.4. The Bertz CT molecular complexity index is 1130. The van der Waals surface area contributed by atoms with E-state index in [0.29, 0.717) is 24.3 Å². The molecule has 2 heterocycles. The van der Waals surface area contributed by atoms with E-state index in [1.807, 2.05) is 43.5 Å². The first kappa shape index (κ1) is 24.5. The Hall–Kier alpha value is -2.58. The third kappa shape index (κ3) is 5.91. The van der Waals surface area contributed by atoms with Gasteiger partial charge in [0.2, 0.25) is 5.91 Å². The minimum absolute atomic E-state index is 0.145. The number of carbonyl (C=O) groups excluding carboxylic acids is 1. The van der Waals surface area contributed by atoms with Gasteiger partial charge in [-0.05, 0) is 44.1 Å². The third-order valence-corrected chi connectivity index (χ3v) is 7.21. The van der Waals surface area contributed by atoms with Crippen LogP contribution in [0.1, 0.15) is 60.8 Å². The fourth-order valence-electron chi connectivity index (χ4n) is 4.44. The van der Waals surface area contributed by atoms with Crippen molar-refractivity contribution in [3.05, 3.63) is 64.2 Å². The summed E-state index contributed by atoms with van der Waals surface area (Å²) in [5, 5.41) is 17.8. The second-order valence-corrected chi connectivity index (χ2v) is 9.70. The molecule has 1 aliphatic rings. The maximum absolute atomic E-state index is 12.4. The zero-order valence-corrected chi connectivity index (χ0v) is 21.3. The number of rotatable bonds is 10. The molecule has 0 aliphatic heterocycles. The zero-order chi connectivity index (χ0) is 23.9. The summed E-state index contributed by atoms with van der Waals surface area (Å²) in [7, 11) is 0. The molecular weight excluding hydrogens is 468 g/mol. The van der Waals surface area contributed by atoms with Gasteiger partial charge in [-0.2, -0.15) is 5.10 Å². The Labute approximate surface area is 210 Å². The van der Waals surface area contributed by atoms with Crippen LogP contribution in [0.5, 0.6) is 0 Å². The number of hydrogen-bond acceptors (Lipinski definition) is 5. The molecule has 0 unspecified atom stereocenters. The largest absolute Gasteiger partial charge is 0.353 e. The number of thioether (sulfide) groups is 1. The van der Waals surface area contributed by atoms with E-state index in [2.05, 4.69) is 25.2 Å². The summed E-state index contributed by atoms with van der Waals surface area (Å²) >= 11 is 8.19. The summed E-state index contributed by atoms with van der Waals surface area (Å²) in [5.41, 5.74) is 2.68. The average Bonchev–Trinajstić information content (AvgIpc) is 3.56. The highest BCUT2D eigenvalue weighted by molar-refractivity contribution is 7.98. The predicted octanol–water partition coefficient (Wildman–Crippen LogP) is 5.08. The van der Waals surface area contributed by atoms with Crippen LogP contribution in [-0.2, 0) is 17.8 Å². The second kappa shape index (κ2) is 11.7. The molecule has 4 rings (SSSR count). The molecule has 0 bridgehead atoms. The highest BCUT2D eigenvalue weighted by atomic mass is 35.5. The quantitative estimate of drug-likeness (QED) is 0.239. The molecular formula is C25H31ClN6OS. The van der Waals surface area contributed by atoms with Crippen molar-refractivity contribution in [1.82, 2.24) is 29.9 Å². The Morgan fingerprint density at radius 1 is 1.24 bits per heavy atom. The van der Waals surface area contributed by atoms with Gasteiger partial charge in [-0.15, -0.1) is 10.2 Å². The van der Waals surface area contributed by atoms with Gasteiger partial charge in [0, 0.05) is 30.6 Å². The van der Waals surface area contributed by atoms with Crippen LogP contribution in [0.3, 0.4) is 0 Å². The van der Waals surface area contributed by atoms with Crippen LogP contribution in [0, 0.1) is 6.92 Å². The molecule has 0 atom stereocenters. The van der Waals surface area contributed by atoms with E-state index in [9.17, 15) is 4.79 Å². The van der Waals surface area contributed by atoms with E-state index >= 15 is 0 Å². The van der Waals surface area contributed by atoms with Gasteiger partial charge in [0.25, 0.3) is 0 Å². The first-order valence-electron chi connectivity index (χ1n) is 11.8. The van der Waals surface area contributed by atoms with E-state index in [1.165, 1.54) is 31.8 Å². The van der Waals surface area contributed by atoms with Crippen LogP contribution < -0.4 is 5.32 Å². The lowest BCUT2D eigenvalue weighted by Crippen LogP contribution is -2.23. The predicted molar refractivity (Wildman–Crippen MR) is 137 cm³/mol. The molecule has 1 fully saturated rings. The minimum atomic E-state index is -0.145. The van der Waals surface area contributed by atoms with Crippen molar-refractivity contribution in [3.8, 4) is 0 Å². The number of nitrogens with zero attached hydrogens (tertiary/aromatic N) is 5. The maximum Gasteiger partial charge on any atom is 0.244 e. The highest BCUT2D eigenvalue weighted by Crippen LogP contribution is 2.33. The summed E-state index contributed by atoms with van der Waals surface area (Å²) in [5.74, 6) is 0.877. The molecule has 1 amide bonds. The molecule has 34 heavy (non-hydrogen) atoms. The molecule has 3 aromatic rings. The van der Waals surface area contributed by atoms with Gasteiger partial charge in [0.15, 0.2) is 5.16 Å². The summed E-state index contributed by atoms with van der Waals surface area (Å²) in [4.78, 5) is 12.4. The number of nitrogens with one attached hydrogen (secondary N) is 1. The summed E-state index contributed by atoms with van der Waals surface area (Å²) in [6, 6.07) is 10.5. The van der Waals surface area contributed by atoms with Crippen LogP contribution in [0.2, 0.25) is 5.15 Å². The summed E-state index contributed by atoms with van der Waals surface area (Å²) < 4.78 is 4.07. The number of aromatic nitrogens is 5. The molecule has 9 heteroatoms. The van der Waals surface area contributed by atoms with Gasteiger partial charge >= 0.3 is 0 Å². The molecule has 2 aromatic heterocycles. The summed E-state index contributed by atoms with van der Waals surface area (Å²) in [6.45, 7) is 3.06. The lowest BCUT2D eigenvalue weighted by atomic mass is 10.2. The fourth-order valence-corrected chi connectivity index (χ4v) is 5.31. The van der Waals surface area contributed by atoms with Crippen LogP contribution in [-0.4, -0.2) is 43.3 Å². The van der Waals surface area contributed by atoms with Crippen molar-refractivity contribution in [2.24, 2.45) is 0 Å². The van der Waals surface area contributed by atoms with E-state index in [0.717, 1.165) is 40.6 Å². The number of aryl methyl sites for hydroxylation is 2. The highest BCUT2D eigenvalue weighted by Gasteiger charge is 2.23. The van der Waals surface area contributed by atoms with Crippen molar-refractivity contribution in [3.63, 3.8) is 0 Å². The number of hydrogen-bond donors (Lipinski definition) is 1. The molecule has 0 radical (unpaired) electrons. The van der Waals surface area contributed by atoms with Crippen LogP contribution in [0.25, 0.3) is 6.08 Å². The molecule has 1 N–H and O–H groups in total. The lowest BCUT2D eigenvalue weighted by molar-refractivity contribution is -0.116. The van der Waals surface area contributed by atoms with Gasteiger partial charge in [-0.1, -0.05) is 66.5 Å². The number of halogens is 1. The van der Waals surface area contributed by atoms with Crippen molar-refractivity contribution >= 4 is 35.3 Å². The molecule has 180 valence electrons. The van der Waals surface area contributed by atoms with Gasteiger partial charge in [0.05, 0.1) is 12.2 Å². The third-order valence-electron chi connectivity index (χ3n) is 6.17. The molecule has 0 saturated heterocycles. The van der Waals surface area contributed by atoms with Crippen LogP contribution in [0.15, 0.2) is 41.6 Å². The van der Waals surface area contributed by atoms with Crippen molar-refractivity contribution in [2.75, 3.05) is 12.8 Å². The number of benzene rings is 1. The molecule has 1 aliphatic carbocycles. The molecule has 7 nitrogen and oxygen atoms in total. The van der Waals surface area contributed by atoms with E-state index in [-0.39, 0.29) is 5.91 Å². The number of carbonyl (C=O) groups is 1. The Balaban J connectivity index is 1.29. The van der Waals surface area contributed by atoms with Crippen molar-refractivity contribution in [1.29, 1.82) is 0 Å². The smallest absolute Gasteiger partial charge is 0.244 e. The molecule has 0 spiro atoms. The monoisotopic (exact) mass is 498 g/mol. The SMILES string of the molecule is CSc1nnc(CCCNC(=O)/C=C/c2c(C)nn(Cc3ccccc3)c2Cl)n1C1CCCC1. The summed E-state index contributed by atoms with van der Waals surface area (Å²) in [6.07, 6.45) is 11.9. The lowest BCUT2D eigenvalue weighted by Gasteiger charge is -2.16. The Kier molecular flexibility index (Phi) is 8.45.